The van der Waals surface area contributed by atoms with Crippen LogP contribution in [-0.2, 0) is 4.89 Å². The van der Waals surface area contributed by atoms with Gasteiger partial charge in [0, 0.05) is 0 Å². The molecule has 1 atom stereocenters. The minimum absolute atomic E-state index is 0.860. The van der Waals surface area contributed by atoms with E-state index in [0.29, 0.717) is 0 Å². The summed E-state index contributed by atoms with van der Waals surface area (Å²) in [6.07, 6.45) is 2.48. The van der Waals surface area contributed by atoms with Crippen LogP contribution in [0.2, 0.25) is 0 Å². The summed E-state index contributed by atoms with van der Waals surface area (Å²) in [7, 11) is 0. The molecule has 0 aromatic rings. The van der Waals surface area contributed by atoms with Gasteiger partial charge in [0.1, 0.15) is 0 Å². The number of hydrogen-bond acceptors (Lipinski definition) is 5. The van der Waals surface area contributed by atoms with E-state index in [0.717, 1.165) is 0 Å². The average molecular weight is 147 g/mol. The van der Waals surface area contributed by atoms with Crippen LogP contribution in [0.1, 0.15) is 0 Å². The molecule has 3 N–H and O–H groups in total. The molecule has 5 heteroatoms. The first-order chi connectivity index (χ1) is 4.56. The van der Waals surface area contributed by atoms with Crippen molar-refractivity contribution in [3.8, 4) is 12.3 Å². The average Bonchev–Trinajstić information content (AvgIpc) is 1.88. The van der Waals surface area contributed by atoms with Gasteiger partial charge in [0.05, 0.1) is 6.61 Å². The fraction of sp³-hybridized carbons (Fsp3) is 0.600. The van der Waals surface area contributed by atoms with Crippen LogP contribution < -0.4 is 5.26 Å². The van der Waals surface area contributed by atoms with Crippen LogP contribution in [0.3, 0.4) is 0 Å². The van der Waals surface area contributed by atoms with Crippen molar-refractivity contribution >= 4 is 0 Å². The number of aliphatic hydroxyl groups is 3. The number of hydrogen-bond donors (Lipinski definition) is 3. The molecule has 5 nitrogen and oxygen atoms in total. The van der Waals surface area contributed by atoms with Gasteiger partial charge in [-0.25, -0.2) is 0 Å². The monoisotopic (exact) mass is 147 g/mol. The van der Waals surface area contributed by atoms with Crippen LogP contribution in [0.5, 0.6) is 0 Å². The second-order valence-corrected chi connectivity index (χ2v) is 1.70. The third-order valence-electron chi connectivity index (χ3n) is 0.956. The summed E-state index contributed by atoms with van der Waals surface area (Å²) in [5.74, 6) is 1.61. The maximum absolute atomic E-state index is 9.43. The molecule has 0 saturated heterocycles. The molecule has 0 aromatic heterocycles. The van der Waals surface area contributed by atoms with Gasteiger partial charge in [0.15, 0.2) is 11.9 Å². The first-order valence-corrected chi connectivity index (χ1v) is 2.38. The lowest BCUT2D eigenvalue weighted by Crippen LogP contribution is -2.46. The van der Waals surface area contributed by atoms with Gasteiger partial charge < -0.3 is 25.5 Å². The number of aliphatic hydroxyl groups excluding tert-OH is 1. The van der Waals surface area contributed by atoms with Crippen molar-refractivity contribution < 1.29 is 25.5 Å². The summed E-state index contributed by atoms with van der Waals surface area (Å²) < 4.78 is 0. The quantitative estimate of drug-likeness (QED) is 0.171. The second kappa shape index (κ2) is 3.51. The van der Waals surface area contributed by atoms with E-state index in [9.17, 15) is 5.26 Å². The molecule has 0 bridgehead atoms. The molecular formula is C5H7O5-. The Bertz CT molecular complexity index is 137. The molecule has 0 unspecified atom stereocenters. The highest BCUT2D eigenvalue weighted by molar-refractivity contribution is 5.08. The summed E-state index contributed by atoms with van der Waals surface area (Å²) >= 11 is 0. The van der Waals surface area contributed by atoms with Crippen LogP contribution in [0.25, 0.3) is 0 Å². The van der Waals surface area contributed by atoms with Gasteiger partial charge in [-0.1, -0.05) is 5.92 Å². The largest absolute Gasteiger partial charge is 0.723 e. The Labute approximate surface area is 57.4 Å². The van der Waals surface area contributed by atoms with E-state index >= 15 is 0 Å². The SMILES string of the molecule is C#C[C@@](O)(CO[O-])C(O)O. The van der Waals surface area contributed by atoms with Crippen molar-refractivity contribution in [3.63, 3.8) is 0 Å². The van der Waals surface area contributed by atoms with E-state index < -0.39 is 18.5 Å². The molecule has 0 spiro atoms. The molecule has 10 heavy (non-hydrogen) atoms. The Kier molecular flexibility index (Phi) is 3.28. The topological polar surface area (TPSA) is 93.0 Å². The summed E-state index contributed by atoms with van der Waals surface area (Å²) in [6, 6.07) is 0. The normalized spacial score (nSPS) is 16.4. The van der Waals surface area contributed by atoms with Gasteiger partial charge in [0.2, 0.25) is 0 Å². The standard InChI is InChI=1S/C5H8O5/c1-2-5(8,3-10-9)4(6)7/h1,4,6-9H,3H2/p-1/t5-/m1/s1. The van der Waals surface area contributed by atoms with Crippen molar-refractivity contribution in [3.05, 3.63) is 0 Å². The van der Waals surface area contributed by atoms with E-state index in [-0.39, 0.29) is 0 Å². The Balaban J connectivity index is 4.12. The maximum Gasteiger partial charge on any atom is 0.198 e. The molecule has 0 aromatic carbocycles. The van der Waals surface area contributed by atoms with E-state index in [1.165, 1.54) is 0 Å². The number of terminal acetylenes is 1. The lowest BCUT2D eigenvalue weighted by molar-refractivity contribution is -0.693. The minimum atomic E-state index is -2.30. The predicted molar refractivity (Wildman–Crippen MR) is 28.0 cm³/mol. The van der Waals surface area contributed by atoms with Crippen molar-refractivity contribution in [2.45, 2.75) is 11.9 Å². The summed E-state index contributed by atoms with van der Waals surface area (Å²) in [6.45, 7) is -0.860. The summed E-state index contributed by atoms with van der Waals surface area (Å²) in [5.41, 5.74) is -2.30. The molecule has 0 radical (unpaired) electrons. The van der Waals surface area contributed by atoms with Gasteiger partial charge in [0.25, 0.3) is 0 Å². The smallest absolute Gasteiger partial charge is 0.198 e. The fourth-order valence-corrected chi connectivity index (χ4v) is 0.281. The van der Waals surface area contributed by atoms with Gasteiger partial charge >= 0.3 is 0 Å². The summed E-state index contributed by atoms with van der Waals surface area (Å²) in [4.78, 5) is 3.20. The second-order valence-electron chi connectivity index (χ2n) is 1.70. The zero-order valence-corrected chi connectivity index (χ0v) is 5.02. The first kappa shape index (κ1) is 9.36. The van der Waals surface area contributed by atoms with Gasteiger partial charge in [-0.2, -0.15) is 0 Å². The third-order valence-corrected chi connectivity index (χ3v) is 0.956. The molecule has 0 amide bonds. The van der Waals surface area contributed by atoms with E-state index in [1.54, 1.807) is 5.92 Å². The highest BCUT2D eigenvalue weighted by Crippen LogP contribution is 2.06. The zero-order chi connectivity index (χ0) is 8.20. The van der Waals surface area contributed by atoms with Crippen LogP contribution >= 0.6 is 0 Å². The molecule has 0 fully saturated rings. The van der Waals surface area contributed by atoms with Gasteiger partial charge in [-0.15, -0.1) is 6.42 Å². The highest BCUT2D eigenvalue weighted by atomic mass is 17.1. The molecule has 0 aliphatic rings. The molecule has 58 valence electrons. The Morgan fingerprint density at radius 3 is 2.30 bits per heavy atom. The molecule has 0 aliphatic heterocycles. The fourth-order valence-electron chi connectivity index (χ4n) is 0.281. The first-order valence-electron chi connectivity index (χ1n) is 2.38. The highest BCUT2D eigenvalue weighted by Gasteiger charge is 2.31. The lowest BCUT2D eigenvalue weighted by Gasteiger charge is -2.24. The van der Waals surface area contributed by atoms with Crippen molar-refractivity contribution in [2.24, 2.45) is 0 Å². The molecule has 0 aliphatic carbocycles. The van der Waals surface area contributed by atoms with Crippen LogP contribution in [0.15, 0.2) is 0 Å². The Hall–Kier alpha value is -0.640. The molecular weight excluding hydrogens is 140 g/mol. The lowest BCUT2D eigenvalue weighted by atomic mass is 10.1. The van der Waals surface area contributed by atoms with E-state index in [4.69, 9.17) is 15.3 Å². The van der Waals surface area contributed by atoms with Crippen molar-refractivity contribution in [1.82, 2.24) is 0 Å². The molecule has 0 rings (SSSR count). The van der Waals surface area contributed by atoms with Crippen LogP contribution in [0, 0.1) is 12.3 Å². The minimum Gasteiger partial charge on any atom is -0.723 e. The number of rotatable bonds is 3. The summed E-state index contributed by atoms with van der Waals surface area (Å²) in [5, 5.41) is 35.0. The van der Waals surface area contributed by atoms with Crippen molar-refractivity contribution in [1.29, 1.82) is 0 Å². The van der Waals surface area contributed by atoms with Crippen LogP contribution in [0.4, 0.5) is 0 Å². The Morgan fingerprint density at radius 2 is 2.20 bits per heavy atom. The van der Waals surface area contributed by atoms with E-state index in [2.05, 4.69) is 11.3 Å². The Morgan fingerprint density at radius 1 is 1.70 bits per heavy atom. The third kappa shape index (κ3) is 1.95. The van der Waals surface area contributed by atoms with Gasteiger partial charge in [-0.3, -0.25) is 0 Å². The molecule has 0 heterocycles. The zero-order valence-electron chi connectivity index (χ0n) is 5.02. The van der Waals surface area contributed by atoms with Crippen LogP contribution in [-0.4, -0.2) is 33.8 Å². The van der Waals surface area contributed by atoms with Gasteiger partial charge in [-0.05, 0) is 0 Å². The molecule has 0 saturated carbocycles. The van der Waals surface area contributed by atoms with Crippen molar-refractivity contribution in [2.75, 3.05) is 6.61 Å². The maximum atomic E-state index is 9.43. The predicted octanol–water partition coefficient (Wildman–Crippen LogP) is -3.05. The van der Waals surface area contributed by atoms with E-state index in [1.807, 2.05) is 0 Å².